The van der Waals surface area contributed by atoms with Crippen molar-refractivity contribution in [3.05, 3.63) is 29.3 Å². The Hall–Kier alpha value is -0.970. The van der Waals surface area contributed by atoms with Crippen molar-refractivity contribution in [2.45, 2.75) is 19.4 Å². The van der Waals surface area contributed by atoms with Gasteiger partial charge in [-0.25, -0.2) is 0 Å². The molecule has 0 aromatic carbocycles. The summed E-state index contributed by atoms with van der Waals surface area (Å²) in [6.07, 6.45) is 2.99. The molecule has 0 amide bonds. The highest BCUT2D eigenvalue weighted by Gasteiger charge is 2.10. The van der Waals surface area contributed by atoms with Crippen LogP contribution in [0.15, 0.2) is 23.7 Å². The van der Waals surface area contributed by atoms with Crippen molar-refractivity contribution >= 4 is 21.6 Å². The Morgan fingerprint density at radius 2 is 2.41 bits per heavy atom. The molecule has 1 atom stereocenters. The Morgan fingerprint density at radius 1 is 1.53 bits per heavy atom. The van der Waals surface area contributed by atoms with Crippen LogP contribution in [0.25, 0.3) is 10.2 Å². The van der Waals surface area contributed by atoms with Gasteiger partial charge in [-0.3, -0.25) is 4.98 Å². The van der Waals surface area contributed by atoms with Crippen LogP contribution < -0.4 is 5.32 Å². The first-order valence-electron chi connectivity index (χ1n) is 5.93. The normalized spacial score (nSPS) is 13.1. The fourth-order valence-corrected chi connectivity index (χ4v) is 2.53. The van der Waals surface area contributed by atoms with Gasteiger partial charge in [0.25, 0.3) is 0 Å². The third kappa shape index (κ3) is 3.03. The third-order valence-electron chi connectivity index (χ3n) is 2.71. The van der Waals surface area contributed by atoms with Gasteiger partial charge in [0.15, 0.2) is 0 Å². The summed E-state index contributed by atoms with van der Waals surface area (Å²) in [6, 6.07) is 4.47. The predicted octanol–water partition coefficient (Wildman–Crippen LogP) is 2.98. The largest absolute Gasteiger partial charge is 0.379 e. The molecule has 2 aromatic rings. The molecule has 0 bridgehead atoms. The van der Waals surface area contributed by atoms with Gasteiger partial charge >= 0.3 is 0 Å². The molecule has 0 saturated heterocycles. The van der Waals surface area contributed by atoms with E-state index in [1.807, 2.05) is 19.3 Å². The van der Waals surface area contributed by atoms with E-state index in [-0.39, 0.29) is 6.04 Å². The van der Waals surface area contributed by atoms with Crippen LogP contribution in [0.4, 0.5) is 0 Å². The smallest absolute Gasteiger partial charge is 0.0809 e. The lowest BCUT2D eigenvalue weighted by molar-refractivity contribution is 0.114. The molecular formula is C13H18N2OS. The second-order valence-electron chi connectivity index (χ2n) is 3.99. The second kappa shape index (κ2) is 6.10. The lowest BCUT2D eigenvalue weighted by Crippen LogP contribution is -2.22. The molecule has 0 radical (unpaired) electrons. The van der Waals surface area contributed by atoms with Gasteiger partial charge in [-0.15, -0.1) is 11.3 Å². The van der Waals surface area contributed by atoms with Gasteiger partial charge in [-0.2, -0.15) is 0 Å². The Kier molecular flexibility index (Phi) is 4.48. The maximum absolute atomic E-state index is 5.60. The van der Waals surface area contributed by atoms with Crippen LogP contribution in [0.2, 0.25) is 0 Å². The van der Waals surface area contributed by atoms with Crippen molar-refractivity contribution in [3.8, 4) is 0 Å². The summed E-state index contributed by atoms with van der Waals surface area (Å²) >= 11 is 1.73. The summed E-state index contributed by atoms with van der Waals surface area (Å²) in [6.45, 7) is 3.63. The van der Waals surface area contributed by atoms with Crippen molar-refractivity contribution in [2.24, 2.45) is 0 Å². The van der Waals surface area contributed by atoms with Crippen molar-refractivity contribution in [2.75, 3.05) is 20.3 Å². The van der Waals surface area contributed by atoms with E-state index in [4.69, 9.17) is 4.74 Å². The number of likely N-dealkylation sites (N-methyl/N-ethyl adjacent to an activating group) is 1. The van der Waals surface area contributed by atoms with Gasteiger partial charge < -0.3 is 10.1 Å². The molecule has 0 aliphatic carbocycles. The van der Waals surface area contributed by atoms with E-state index in [1.54, 1.807) is 11.3 Å². The van der Waals surface area contributed by atoms with Crippen molar-refractivity contribution in [1.29, 1.82) is 0 Å². The van der Waals surface area contributed by atoms with E-state index in [9.17, 15) is 0 Å². The molecule has 0 aliphatic heterocycles. The van der Waals surface area contributed by atoms with E-state index in [0.717, 1.165) is 18.5 Å². The Balaban J connectivity index is 2.11. The van der Waals surface area contributed by atoms with E-state index in [1.165, 1.54) is 10.3 Å². The summed E-state index contributed by atoms with van der Waals surface area (Å²) in [5.74, 6) is 0. The molecule has 2 aromatic heterocycles. The lowest BCUT2D eigenvalue weighted by Gasteiger charge is -2.16. The van der Waals surface area contributed by atoms with Crippen LogP contribution in [0, 0.1) is 0 Å². The minimum Gasteiger partial charge on any atom is -0.379 e. The number of ether oxygens (including phenoxy) is 1. The summed E-state index contributed by atoms with van der Waals surface area (Å²) in [4.78, 5) is 4.45. The summed E-state index contributed by atoms with van der Waals surface area (Å²) < 4.78 is 6.83. The first-order chi connectivity index (χ1) is 8.35. The Labute approximate surface area is 106 Å². The summed E-state index contributed by atoms with van der Waals surface area (Å²) in [5.41, 5.74) is 2.27. The first-order valence-corrected chi connectivity index (χ1v) is 6.81. The second-order valence-corrected chi connectivity index (χ2v) is 4.94. The Bertz CT molecular complexity index is 469. The van der Waals surface area contributed by atoms with E-state index in [2.05, 4.69) is 28.7 Å². The topological polar surface area (TPSA) is 34.1 Å². The maximum Gasteiger partial charge on any atom is 0.0809 e. The molecule has 0 fully saturated rings. The zero-order chi connectivity index (χ0) is 12.1. The minimum atomic E-state index is 0.223. The van der Waals surface area contributed by atoms with Gasteiger partial charge in [0, 0.05) is 12.8 Å². The highest BCUT2D eigenvalue weighted by Crippen LogP contribution is 2.22. The van der Waals surface area contributed by atoms with Crippen LogP contribution in [0.1, 0.15) is 24.9 Å². The van der Waals surface area contributed by atoms with E-state index >= 15 is 0 Å². The molecule has 2 heterocycles. The molecule has 0 saturated carbocycles. The van der Waals surface area contributed by atoms with Crippen molar-refractivity contribution in [3.63, 3.8) is 0 Å². The lowest BCUT2D eigenvalue weighted by atomic mass is 10.1. The van der Waals surface area contributed by atoms with Crippen LogP contribution in [-0.4, -0.2) is 25.2 Å². The first kappa shape index (κ1) is 12.5. The third-order valence-corrected chi connectivity index (χ3v) is 3.56. The molecule has 3 nitrogen and oxygen atoms in total. The monoisotopic (exact) mass is 250 g/mol. The number of aromatic nitrogens is 1. The van der Waals surface area contributed by atoms with E-state index < -0.39 is 0 Å². The molecule has 2 rings (SSSR count). The standard InChI is InChI=1S/C13H18N2OS/c1-3-5-16-9-12(14-2)10-7-13-11(15-8-10)4-6-17-13/h4,6-8,12,14H,3,5,9H2,1-2H3. The molecule has 4 heteroatoms. The van der Waals surface area contributed by atoms with Crippen LogP contribution >= 0.6 is 11.3 Å². The average Bonchev–Trinajstić information content (AvgIpc) is 2.82. The molecule has 1 unspecified atom stereocenters. The van der Waals surface area contributed by atoms with E-state index in [0.29, 0.717) is 6.61 Å². The predicted molar refractivity (Wildman–Crippen MR) is 72.5 cm³/mol. The van der Waals surface area contributed by atoms with Crippen LogP contribution in [-0.2, 0) is 4.74 Å². The zero-order valence-corrected chi connectivity index (χ0v) is 11.1. The fourth-order valence-electron chi connectivity index (χ4n) is 1.74. The minimum absolute atomic E-state index is 0.223. The molecule has 0 aliphatic rings. The summed E-state index contributed by atoms with van der Waals surface area (Å²) in [7, 11) is 1.96. The number of hydrogen-bond acceptors (Lipinski definition) is 4. The average molecular weight is 250 g/mol. The Morgan fingerprint density at radius 3 is 3.18 bits per heavy atom. The number of nitrogens with one attached hydrogen (secondary N) is 1. The molecule has 92 valence electrons. The van der Waals surface area contributed by atoms with Gasteiger partial charge in [-0.1, -0.05) is 6.92 Å². The number of nitrogens with zero attached hydrogens (tertiary/aromatic N) is 1. The van der Waals surface area contributed by atoms with Crippen LogP contribution in [0.5, 0.6) is 0 Å². The van der Waals surface area contributed by atoms with Gasteiger partial charge in [-0.05, 0) is 36.5 Å². The number of hydrogen-bond donors (Lipinski definition) is 1. The zero-order valence-electron chi connectivity index (χ0n) is 10.3. The summed E-state index contributed by atoms with van der Waals surface area (Å²) in [5, 5.41) is 5.35. The van der Waals surface area contributed by atoms with Gasteiger partial charge in [0.05, 0.1) is 22.9 Å². The molecular weight excluding hydrogens is 232 g/mol. The molecule has 1 N–H and O–H groups in total. The van der Waals surface area contributed by atoms with Crippen molar-refractivity contribution in [1.82, 2.24) is 10.3 Å². The highest BCUT2D eigenvalue weighted by atomic mass is 32.1. The number of thiophene rings is 1. The van der Waals surface area contributed by atoms with Crippen LogP contribution in [0.3, 0.4) is 0 Å². The SMILES string of the molecule is CCCOCC(NC)c1cnc2ccsc2c1. The fraction of sp³-hybridized carbons (Fsp3) is 0.462. The molecule has 17 heavy (non-hydrogen) atoms. The molecule has 0 spiro atoms. The maximum atomic E-state index is 5.60. The highest BCUT2D eigenvalue weighted by molar-refractivity contribution is 7.17. The number of fused-ring (bicyclic) bond motifs is 1. The van der Waals surface area contributed by atoms with Crippen molar-refractivity contribution < 1.29 is 4.74 Å². The quantitative estimate of drug-likeness (QED) is 0.800. The van der Waals surface area contributed by atoms with Gasteiger partial charge in [0.1, 0.15) is 0 Å². The number of rotatable bonds is 6. The van der Waals surface area contributed by atoms with Gasteiger partial charge in [0.2, 0.25) is 0 Å². The number of pyridine rings is 1.